The Morgan fingerprint density at radius 1 is 0.948 bits per heavy atom. The Hall–Kier alpha value is -5.75. The van der Waals surface area contributed by atoms with Crippen LogP contribution in [-0.4, -0.2) is 172 Å². The Balaban J connectivity index is 1.18. The van der Waals surface area contributed by atoms with E-state index in [1.807, 2.05) is 57.0 Å². The molecule has 7 heterocycles. The van der Waals surface area contributed by atoms with Crippen molar-refractivity contribution >= 4 is 46.4 Å². The molecule has 3 N–H and O–H groups in total. The number of amides is 1. The minimum atomic E-state index is -2.35. The first-order valence-corrected chi connectivity index (χ1v) is 28.0. The molecule has 1 saturated carbocycles. The van der Waals surface area contributed by atoms with Gasteiger partial charge in [-0.1, -0.05) is 76.1 Å². The van der Waals surface area contributed by atoms with Crippen molar-refractivity contribution in [1.82, 2.24) is 25.0 Å². The SMILES string of the molecule is CCC1=C[C@@H]2CN(C1)C[C@H](CN1CCC[C@H]1C(=O)N[C@H](C(=O)OC)[C@@H](C)CC)Cc1c([nH]c3ccccc13)[C@@](C(=O)OC)(c1cc3c(cc1OC)N(C)[C@H]1[C@@](O)(C(=O)OC)[C@H](OC(C)=O)[C@]4(CC)C=CCN5CC[C@]31[C@@H]54)C2. The molecule has 1 aromatic heterocycles. The molecule has 7 aliphatic rings. The number of para-hydroxylation sites is 1. The molecule has 1 spiro atoms. The van der Waals surface area contributed by atoms with E-state index in [0.717, 1.165) is 60.2 Å². The van der Waals surface area contributed by atoms with Gasteiger partial charge >= 0.3 is 23.9 Å². The summed E-state index contributed by atoms with van der Waals surface area (Å²) in [6.45, 7) is 14.2. The van der Waals surface area contributed by atoms with Crippen LogP contribution in [-0.2, 0) is 60.2 Å². The Labute approximate surface area is 453 Å². The second-order valence-corrected chi connectivity index (χ2v) is 23.3. The molecule has 2 aromatic carbocycles. The number of rotatable bonds is 14. The van der Waals surface area contributed by atoms with Crippen molar-refractivity contribution in [3.63, 3.8) is 0 Å². The molecule has 416 valence electrons. The van der Waals surface area contributed by atoms with Crippen LogP contribution >= 0.6 is 0 Å². The number of hydrogen-bond donors (Lipinski definition) is 3. The molecule has 1 aliphatic carbocycles. The highest BCUT2D eigenvalue weighted by atomic mass is 16.6. The fourth-order valence-electron chi connectivity index (χ4n) is 16.2. The van der Waals surface area contributed by atoms with Crippen LogP contribution in [0.15, 0.2) is 60.2 Å². The standard InChI is InChI=1S/C60H80N6O11/c1-11-35(4)48(51(69)74-8)62-50(68)45-20-16-23-66(45)34-39-27-41-40-18-14-15-19-44(40)61-49(41)59(55(70)75-9,30-38-26-37(12-2)31-64(32-38)33-39)43-28-42-46(29-47(43)73-7)63(6)53-58(42)22-25-65-24-17-21-57(13-3,52(58)65)54(77-36(5)67)60(53,72)56(71)76-10/h14-15,17-19,21,26,28-29,35,38-39,45,48,52-54,61,72H,11-13,16,20,22-25,27,30-34H2,1-10H3,(H,62,68)/t35-,38-,39+,45-,48-,52-,53+,54+,57+,58+,59-,60-/m0/s1. The molecule has 1 amide bonds. The van der Waals surface area contributed by atoms with E-state index in [-0.39, 0.29) is 29.7 Å². The lowest BCUT2D eigenvalue weighted by molar-refractivity contribution is -0.228. The van der Waals surface area contributed by atoms with Gasteiger partial charge in [0.1, 0.15) is 17.2 Å². The first kappa shape index (κ1) is 54.6. The summed E-state index contributed by atoms with van der Waals surface area (Å²) in [6.07, 6.45) is 10.1. The van der Waals surface area contributed by atoms with E-state index in [1.54, 1.807) is 7.11 Å². The molecule has 3 aromatic rings. The maximum Gasteiger partial charge on any atom is 0.344 e. The topological polar surface area (TPSA) is 193 Å². The van der Waals surface area contributed by atoms with Gasteiger partial charge in [-0.3, -0.25) is 29.1 Å². The molecule has 17 nitrogen and oxygen atoms in total. The number of likely N-dealkylation sites (tertiary alicyclic amines) is 1. The van der Waals surface area contributed by atoms with Crippen molar-refractivity contribution < 1.29 is 52.8 Å². The summed E-state index contributed by atoms with van der Waals surface area (Å²) in [5, 5.41) is 17.7. The molecule has 2 saturated heterocycles. The van der Waals surface area contributed by atoms with E-state index in [9.17, 15) is 24.3 Å². The van der Waals surface area contributed by atoms with Gasteiger partial charge in [-0.05, 0) is 99.0 Å². The van der Waals surface area contributed by atoms with Crippen molar-refractivity contribution in [3.8, 4) is 5.75 Å². The van der Waals surface area contributed by atoms with Gasteiger partial charge in [0, 0.05) is 97.5 Å². The van der Waals surface area contributed by atoms with E-state index in [4.69, 9.17) is 23.7 Å². The summed E-state index contributed by atoms with van der Waals surface area (Å²) < 4.78 is 29.7. The Bertz CT molecular complexity index is 2880. The zero-order valence-corrected chi connectivity index (χ0v) is 46.7. The predicted molar refractivity (Wildman–Crippen MR) is 290 cm³/mol. The van der Waals surface area contributed by atoms with Crippen LogP contribution < -0.4 is 15.0 Å². The summed E-state index contributed by atoms with van der Waals surface area (Å²) in [4.78, 5) is 84.3. The molecule has 2 bridgehead atoms. The molecule has 0 radical (unpaired) electrons. The van der Waals surface area contributed by atoms with Gasteiger partial charge in [-0.15, -0.1) is 0 Å². The highest BCUT2D eigenvalue weighted by molar-refractivity contribution is 5.95. The lowest BCUT2D eigenvalue weighted by atomic mass is 9.47. The molecule has 13 atom stereocenters. The molecular formula is C60H80N6O11. The van der Waals surface area contributed by atoms with Crippen molar-refractivity contribution in [2.75, 3.05) is 86.2 Å². The molecule has 6 aliphatic heterocycles. The van der Waals surface area contributed by atoms with Crippen LogP contribution in [0.1, 0.15) is 102 Å². The quantitative estimate of drug-likeness (QED) is 0.103. The first-order chi connectivity index (χ1) is 36.9. The number of carbonyl (C=O) groups excluding carboxylic acids is 5. The summed E-state index contributed by atoms with van der Waals surface area (Å²) in [5.74, 6) is -2.40. The van der Waals surface area contributed by atoms with Gasteiger partial charge in [0.05, 0.1) is 40.5 Å². The summed E-state index contributed by atoms with van der Waals surface area (Å²) in [6, 6.07) is 9.77. The van der Waals surface area contributed by atoms with Gasteiger partial charge in [0.25, 0.3) is 0 Å². The number of methoxy groups -OCH3 is 4. The lowest BCUT2D eigenvalue weighted by Gasteiger charge is -2.63. The van der Waals surface area contributed by atoms with Gasteiger partial charge in [0.15, 0.2) is 6.10 Å². The summed E-state index contributed by atoms with van der Waals surface area (Å²) in [5.41, 5.74) is 0.167. The van der Waals surface area contributed by atoms with Crippen molar-refractivity contribution in [3.05, 3.63) is 82.6 Å². The number of benzene rings is 2. The molecule has 1 unspecified atom stereocenters. The number of anilines is 1. The number of aromatic nitrogens is 1. The zero-order valence-electron chi connectivity index (χ0n) is 46.7. The molecular weight excluding hydrogens is 981 g/mol. The summed E-state index contributed by atoms with van der Waals surface area (Å²) >= 11 is 0. The normalized spacial score (nSPS) is 33.2. The average Bonchev–Trinajstić information content (AvgIpc) is 4.41. The van der Waals surface area contributed by atoms with E-state index >= 15 is 4.79 Å². The second kappa shape index (κ2) is 20.8. The second-order valence-electron chi connectivity index (χ2n) is 23.3. The number of ether oxygens (including phenoxy) is 5. The average molecular weight is 1060 g/mol. The zero-order chi connectivity index (χ0) is 54.9. The number of nitrogens with zero attached hydrogens (tertiary/aromatic N) is 4. The number of fused-ring (bicyclic) bond motifs is 6. The van der Waals surface area contributed by atoms with Gasteiger partial charge in [0.2, 0.25) is 11.5 Å². The molecule has 3 fully saturated rings. The number of aromatic amines is 1. The maximum atomic E-state index is 16.0. The van der Waals surface area contributed by atoms with Crippen LogP contribution in [0, 0.1) is 23.2 Å². The third kappa shape index (κ3) is 8.33. The van der Waals surface area contributed by atoms with Crippen LogP contribution in [0.5, 0.6) is 5.75 Å². The lowest BCUT2D eigenvalue weighted by Crippen LogP contribution is -2.81. The van der Waals surface area contributed by atoms with E-state index in [2.05, 4.69) is 62.3 Å². The fourth-order valence-corrected chi connectivity index (χ4v) is 16.2. The van der Waals surface area contributed by atoms with Crippen LogP contribution in [0.2, 0.25) is 0 Å². The number of aliphatic hydroxyl groups is 1. The highest BCUT2D eigenvalue weighted by Crippen LogP contribution is 2.68. The smallest absolute Gasteiger partial charge is 0.344 e. The van der Waals surface area contributed by atoms with Crippen LogP contribution in [0.3, 0.4) is 0 Å². The maximum absolute atomic E-state index is 16.0. The van der Waals surface area contributed by atoms with Gasteiger partial charge in [-0.25, -0.2) is 9.59 Å². The van der Waals surface area contributed by atoms with Gasteiger partial charge in [-0.2, -0.15) is 0 Å². The Morgan fingerprint density at radius 3 is 2.40 bits per heavy atom. The number of hydrogen-bond acceptors (Lipinski definition) is 15. The minimum absolute atomic E-state index is 0.0118. The Morgan fingerprint density at radius 2 is 1.71 bits per heavy atom. The third-order valence-corrected chi connectivity index (χ3v) is 19.5. The fraction of sp³-hybridized carbons (Fsp3) is 0.617. The number of carbonyl (C=O) groups is 5. The third-order valence-electron chi connectivity index (χ3n) is 19.5. The number of nitrogens with one attached hydrogen (secondary N) is 2. The van der Waals surface area contributed by atoms with Crippen molar-refractivity contribution in [2.24, 2.45) is 23.2 Å². The van der Waals surface area contributed by atoms with Crippen LogP contribution in [0.4, 0.5) is 5.69 Å². The Kier molecular flexibility index (Phi) is 14.8. The van der Waals surface area contributed by atoms with E-state index in [0.29, 0.717) is 81.7 Å². The number of H-pyrrole nitrogens is 1. The number of esters is 4. The predicted octanol–water partition coefficient (Wildman–Crippen LogP) is 5.58. The van der Waals surface area contributed by atoms with Gasteiger partial charge < -0.3 is 44.0 Å². The van der Waals surface area contributed by atoms with E-state index < -0.39 is 70.0 Å². The first-order valence-electron chi connectivity index (χ1n) is 28.0. The van der Waals surface area contributed by atoms with Crippen molar-refractivity contribution in [1.29, 1.82) is 0 Å². The monoisotopic (exact) mass is 1060 g/mol. The van der Waals surface area contributed by atoms with Crippen molar-refractivity contribution in [2.45, 2.75) is 133 Å². The molecule has 77 heavy (non-hydrogen) atoms. The molecule has 17 heteroatoms. The summed E-state index contributed by atoms with van der Waals surface area (Å²) in [7, 11) is 7.55. The molecule has 10 rings (SSSR count). The largest absolute Gasteiger partial charge is 0.496 e. The number of likely N-dealkylation sites (N-methyl/N-ethyl adjacent to an activating group) is 1. The van der Waals surface area contributed by atoms with E-state index in [1.165, 1.54) is 33.8 Å². The van der Waals surface area contributed by atoms with Crippen LogP contribution in [0.25, 0.3) is 10.9 Å². The minimum Gasteiger partial charge on any atom is -0.496 e. The highest BCUT2D eigenvalue weighted by Gasteiger charge is 2.80.